The predicted octanol–water partition coefficient (Wildman–Crippen LogP) is 3.08. The Morgan fingerprint density at radius 1 is 1.15 bits per heavy atom. The minimum atomic E-state index is 0.103. The van der Waals surface area contributed by atoms with Gasteiger partial charge < -0.3 is 4.90 Å². The largest absolute Gasteiger partial charge is 0.391 e. The molecule has 0 radical (unpaired) electrons. The molecule has 0 fully saturated rings. The van der Waals surface area contributed by atoms with Gasteiger partial charge in [-0.3, -0.25) is 4.79 Å². The standard InChI is InChI=1S/C20H18ClN4OS/c21-17-7-3-4-8-18(17)25-12-10-22-23-20(25)27-14-19(26)24-11-9-15-5-1-2-6-16(15)13-24/h1-8,10,12H,9,11,13-14H2/q+1. The number of aromatic nitrogens is 3. The van der Waals surface area contributed by atoms with E-state index in [4.69, 9.17) is 11.6 Å². The van der Waals surface area contributed by atoms with Gasteiger partial charge in [-0.15, -0.1) is 0 Å². The summed E-state index contributed by atoms with van der Waals surface area (Å²) < 4.78 is 1.86. The zero-order valence-corrected chi connectivity index (χ0v) is 16.2. The van der Waals surface area contributed by atoms with Crippen LogP contribution in [0, 0.1) is 0 Å². The lowest BCUT2D eigenvalue weighted by Crippen LogP contribution is -2.38. The van der Waals surface area contributed by atoms with Crippen LogP contribution in [-0.2, 0) is 17.8 Å². The molecule has 2 heterocycles. The summed E-state index contributed by atoms with van der Waals surface area (Å²) >= 11 is 7.68. The zero-order chi connectivity index (χ0) is 18.6. The maximum absolute atomic E-state index is 12.7. The minimum Gasteiger partial charge on any atom is -0.337 e. The SMILES string of the molecule is O=C(CSc1nncc[n+]1-c1ccccc1Cl)N1CCc2ccccc2C1. The van der Waals surface area contributed by atoms with E-state index in [1.54, 1.807) is 12.4 Å². The molecule has 136 valence electrons. The van der Waals surface area contributed by atoms with Gasteiger partial charge in [-0.25, -0.2) is 0 Å². The molecule has 27 heavy (non-hydrogen) atoms. The molecule has 0 saturated heterocycles. The van der Waals surface area contributed by atoms with Crippen LogP contribution in [0.3, 0.4) is 0 Å². The molecule has 0 N–H and O–H groups in total. The van der Waals surface area contributed by atoms with E-state index in [0.29, 0.717) is 22.5 Å². The molecule has 0 bridgehead atoms. The number of nitrogens with zero attached hydrogens (tertiary/aromatic N) is 4. The summed E-state index contributed by atoms with van der Waals surface area (Å²) in [6, 6.07) is 15.8. The highest BCUT2D eigenvalue weighted by molar-refractivity contribution is 7.99. The molecule has 0 aliphatic carbocycles. The van der Waals surface area contributed by atoms with Crippen LogP contribution in [0.25, 0.3) is 5.69 Å². The molecule has 0 saturated carbocycles. The van der Waals surface area contributed by atoms with Crippen molar-refractivity contribution in [2.75, 3.05) is 12.3 Å². The topological polar surface area (TPSA) is 50.0 Å². The highest BCUT2D eigenvalue weighted by Crippen LogP contribution is 2.21. The highest BCUT2D eigenvalue weighted by atomic mass is 35.5. The Hall–Kier alpha value is -2.44. The van der Waals surface area contributed by atoms with Gasteiger partial charge in [-0.1, -0.05) is 48.0 Å². The summed E-state index contributed by atoms with van der Waals surface area (Å²) in [4.78, 5) is 14.6. The van der Waals surface area contributed by atoms with Crippen LogP contribution in [0.1, 0.15) is 11.1 Å². The zero-order valence-electron chi connectivity index (χ0n) is 14.6. The van der Waals surface area contributed by atoms with E-state index in [2.05, 4.69) is 22.3 Å². The number of para-hydroxylation sites is 1. The number of carbonyl (C=O) groups is 1. The third-order valence-corrected chi connectivity index (χ3v) is 5.80. The number of thioether (sulfide) groups is 1. The number of carbonyl (C=O) groups excluding carboxylic acids is 1. The summed E-state index contributed by atoms with van der Waals surface area (Å²) in [6.07, 6.45) is 4.31. The van der Waals surface area contributed by atoms with E-state index < -0.39 is 0 Å². The number of halogens is 1. The van der Waals surface area contributed by atoms with Crippen LogP contribution in [0.15, 0.2) is 66.1 Å². The number of amides is 1. The minimum absolute atomic E-state index is 0.103. The van der Waals surface area contributed by atoms with Gasteiger partial charge in [0.1, 0.15) is 12.4 Å². The fourth-order valence-electron chi connectivity index (χ4n) is 3.15. The summed E-state index contributed by atoms with van der Waals surface area (Å²) in [7, 11) is 0. The maximum Gasteiger partial charge on any atom is 0.391 e. The number of rotatable bonds is 4. The van der Waals surface area contributed by atoms with E-state index in [1.807, 2.05) is 45.9 Å². The predicted molar refractivity (Wildman–Crippen MR) is 105 cm³/mol. The number of benzene rings is 2. The fraction of sp³-hybridized carbons (Fsp3) is 0.200. The molecular formula is C20H18ClN4OS+. The first-order valence-electron chi connectivity index (χ1n) is 8.68. The Bertz CT molecular complexity index is 981. The normalized spacial score (nSPS) is 13.3. The van der Waals surface area contributed by atoms with Crippen molar-refractivity contribution in [2.45, 2.75) is 18.1 Å². The van der Waals surface area contributed by atoms with Gasteiger partial charge in [0.2, 0.25) is 5.91 Å². The van der Waals surface area contributed by atoms with Gasteiger partial charge in [-0.05, 0) is 46.5 Å². The van der Waals surface area contributed by atoms with E-state index in [9.17, 15) is 4.79 Å². The number of hydrogen-bond donors (Lipinski definition) is 0. The third-order valence-electron chi connectivity index (χ3n) is 4.55. The van der Waals surface area contributed by atoms with Crippen molar-refractivity contribution >= 4 is 29.3 Å². The van der Waals surface area contributed by atoms with Gasteiger partial charge >= 0.3 is 5.16 Å². The average Bonchev–Trinajstić information content (AvgIpc) is 2.72. The van der Waals surface area contributed by atoms with Crippen molar-refractivity contribution < 1.29 is 9.36 Å². The molecule has 5 nitrogen and oxygen atoms in total. The van der Waals surface area contributed by atoms with Crippen molar-refractivity contribution in [1.29, 1.82) is 0 Å². The summed E-state index contributed by atoms with van der Waals surface area (Å²) in [6.45, 7) is 1.42. The second-order valence-electron chi connectivity index (χ2n) is 6.24. The van der Waals surface area contributed by atoms with Crippen molar-refractivity contribution in [3.63, 3.8) is 0 Å². The molecule has 4 rings (SSSR count). The van der Waals surface area contributed by atoms with Crippen LogP contribution in [0.4, 0.5) is 0 Å². The smallest absolute Gasteiger partial charge is 0.337 e. The number of fused-ring (bicyclic) bond motifs is 1. The first-order valence-corrected chi connectivity index (χ1v) is 10.0. The van der Waals surface area contributed by atoms with Gasteiger partial charge in [0.25, 0.3) is 0 Å². The van der Waals surface area contributed by atoms with Crippen LogP contribution >= 0.6 is 23.4 Å². The van der Waals surface area contributed by atoms with Crippen molar-refractivity contribution in [3.05, 3.63) is 77.1 Å². The molecule has 1 aliphatic heterocycles. The van der Waals surface area contributed by atoms with E-state index >= 15 is 0 Å². The molecule has 1 aromatic heterocycles. The quantitative estimate of drug-likeness (QED) is 0.501. The Balaban J connectivity index is 1.47. The lowest BCUT2D eigenvalue weighted by Gasteiger charge is -2.28. The van der Waals surface area contributed by atoms with E-state index in [0.717, 1.165) is 18.7 Å². The van der Waals surface area contributed by atoms with E-state index in [-0.39, 0.29) is 5.91 Å². The molecule has 2 aromatic carbocycles. The Morgan fingerprint density at radius 3 is 2.78 bits per heavy atom. The van der Waals surface area contributed by atoms with Crippen LogP contribution in [0.2, 0.25) is 5.02 Å². The summed E-state index contributed by atoms with van der Waals surface area (Å²) in [5.41, 5.74) is 3.38. The van der Waals surface area contributed by atoms with Crippen LogP contribution in [0.5, 0.6) is 0 Å². The first kappa shape index (κ1) is 17.9. The van der Waals surface area contributed by atoms with Crippen molar-refractivity contribution in [3.8, 4) is 5.69 Å². The Labute approximate surface area is 167 Å². The number of hydrogen-bond acceptors (Lipinski definition) is 4. The summed E-state index contributed by atoms with van der Waals surface area (Å²) in [5.74, 6) is 0.413. The lowest BCUT2D eigenvalue weighted by molar-refractivity contribution is -0.642. The highest BCUT2D eigenvalue weighted by Gasteiger charge is 2.24. The molecule has 0 spiro atoms. The first-order chi connectivity index (χ1) is 13.2. The molecular weight excluding hydrogens is 380 g/mol. The van der Waals surface area contributed by atoms with Crippen LogP contribution in [-0.4, -0.2) is 33.3 Å². The monoisotopic (exact) mass is 397 g/mol. The molecule has 7 heteroatoms. The third kappa shape index (κ3) is 3.96. The second kappa shape index (κ2) is 8.06. The van der Waals surface area contributed by atoms with Crippen LogP contribution < -0.4 is 4.57 Å². The molecule has 3 aromatic rings. The molecule has 0 unspecified atom stereocenters. The van der Waals surface area contributed by atoms with Crippen molar-refractivity contribution in [2.24, 2.45) is 0 Å². The van der Waals surface area contributed by atoms with Gasteiger partial charge in [0.15, 0.2) is 5.69 Å². The Morgan fingerprint density at radius 2 is 1.93 bits per heavy atom. The Kier molecular flexibility index (Phi) is 5.36. The maximum atomic E-state index is 12.7. The molecule has 0 atom stereocenters. The fourth-order valence-corrected chi connectivity index (χ4v) is 4.21. The van der Waals surface area contributed by atoms with Gasteiger partial charge in [-0.2, -0.15) is 4.57 Å². The van der Waals surface area contributed by atoms with E-state index in [1.165, 1.54) is 22.9 Å². The lowest BCUT2D eigenvalue weighted by atomic mass is 10.00. The molecule has 1 aliphatic rings. The van der Waals surface area contributed by atoms with Crippen molar-refractivity contribution in [1.82, 2.24) is 15.1 Å². The summed E-state index contributed by atoms with van der Waals surface area (Å²) in [5, 5.41) is 9.41. The second-order valence-corrected chi connectivity index (χ2v) is 7.59. The van der Waals surface area contributed by atoms with Gasteiger partial charge in [0, 0.05) is 13.1 Å². The molecule has 1 amide bonds. The average molecular weight is 398 g/mol. The van der Waals surface area contributed by atoms with Gasteiger partial charge in [0.05, 0.1) is 15.9 Å².